The summed E-state index contributed by atoms with van der Waals surface area (Å²) in [4.78, 5) is 16.2. The van der Waals surface area contributed by atoms with E-state index in [4.69, 9.17) is 0 Å². The highest BCUT2D eigenvalue weighted by Crippen LogP contribution is 2.12. The van der Waals surface area contributed by atoms with E-state index in [-0.39, 0.29) is 5.56 Å². The predicted octanol–water partition coefficient (Wildman–Crippen LogP) is 2.42. The largest absolute Gasteiger partial charge is 0.370 e. The van der Waals surface area contributed by atoms with Gasteiger partial charge in [-0.3, -0.25) is 4.79 Å². The summed E-state index contributed by atoms with van der Waals surface area (Å²) in [7, 11) is 0. The smallest absolute Gasteiger partial charge is 0.251 e. The second-order valence-electron chi connectivity index (χ2n) is 4.61. The highest BCUT2D eigenvalue weighted by molar-refractivity contribution is 5.43. The highest BCUT2D eigenvalue weighted by atomic mass is 16.1. The molecule has 1 N–H and O–H groups in total. The van der Waals surface area contributed by atoms with Crippen LogP contribution in [0.4, 0.5) is 5.82 Å². The maximum atomic E-state index is 11.9. The van der Waals surface area contributed by atoms with Crippen LogP contribution in [0.25, 0.3) is 0 Å². The Morgan fingerprint density at radius 2 is 2.21 bits per heavy atom. The molecule has 2 aromatic heterocycles. The van der Waals surface area contributed by atoms with Crippen molar-refractivity contribution in [2.45, 2.75) is 26.8 Å². The van der Waals surface area contributed by atoms with Crippen LogP contribution in [-0.2, 0) is 6.54 Å². The molecule has 2 heterocycles. The van der Waals surface area contributed by atoms with Gasteiger partial charge in [0.1, 0.15) is 5.82 Å². The molecule has 2 aromatic rings. The zero-order valence-electron chi connectivity index (χ0n) is 11.4. The van der Waals surface area contributed by atoms with Gasteiger partial charge in [0.2, 0.25) is 0 Å². The van der Waals surface area contributed by atoms with Gasteiger partial charge < -0.3 is 9.88 Å². The molecule has 0 bridgehead atoms. The van der Waals surface area contributed by atoms with Crippen LogP contribution in [0, 0.1) is 6.92 Å². The van der Waals surface area contributed by atoms with Gasteiger partial charge in [-0.25, -0.2) is 4.98 Å². The molecule has 0 saturated carbocycles. The number of nitrogens with one attached hydrogen (secondary N) is 1. The van der Waals surface area contributed by atoms with Gasteiger partial charge >= 0.3 is 0 Å². The number of hydrogen-bond acceptors (Lipinski definition) is 3. The molecule has 0 aliphatic rings. The first-order valence-electron chi connectivity index (χ1n) is 6.55. The Labute approximate surface area is 113 Å². The zero-order valence-corrected chi connectivity index (χ0v) is 11.4. The summed E-state index contributed by atoms with van der Waals surface area (Å²) in [6.45, 7) is 5.45. The van der Waals surface area contributed by atoms with Crippen molar-refractivity contribution in [1.82, 2.24) is 9.55 Å². The maximum Gasteiger partial charge on any atom is 0.251 e. The quantitative estimate of drug-likeness (QED) is 0.894. The molecule has 0 amide bonds. The van der Waals surface area contributed by atoms with Gasteiger partial charge in [-0.2, -0.15) is 0 Å². The molecule has 0 fully saturated rings. The maximum absolute atomic E-state index is 11.9. The van der Waals surface area contributed by atoms with Gasteiger partial charge in [0.15, 0.2) is 0 Å². The summed E-state index contributed by atoms with van der Waals surface area (Å²) in [5, 5.41) is 3.29. The second-order valence-corrected chi connectivity index (χ2v) is 4.61. The molecule has 0 saturated heterocycles. The SMILES string of the molecule is CCCNc1ncccc1Cn1ccc(C)cc1=O. The molecule has 0 radical (unpaired) electrons. The van der Waals surface area contributed by atoms with Crippen molar-refractivity contribution in [2.75, 3.05) is 11.9 Å². The van der Waals surface area contributed by atoms with Crippen molar-refractivity contribution in [3.05, 3.63) is 58.1 Å². The molecule has 0 aliphatic carbocycles. The molecule has 100 valence electrons. The number of nitrogens with zero attached hydrogens (tertiary/aromatic N) is 2. The van der Waals surface area contributed by atoms with Crippen molar-refractivity contribution < 1.29 is 0 Å². The van der Waals surface area contributed by atoms with Crippen LogP contribution < -0.4 is 10.9 Å². The normalized spacial score (nSPS) is 10.4. The lowest BCUT2D eigenvalue weighted by atomic mass is 10.2. The lowest BCUT2D eigenvalue weighted by Crippen LogP contribution is -2.20. The average Bonchev–Trinajstić information content (AvgIpc) is 2.41. The van der Waals surface area contributed by atoms with E-state index < -0.39 is 0 Å². The molecule has 2 rings (SSSR count). The predicted molar refractivity (Wildman–Crippen MR) is 77.6 cm³/mol. The van der Waals surface area contributed by atoms with Crippen LogP contribution in [-0.4, -0.2) is 16.1 Å². The highest BCUT2D eigenvalue weighted by Gasteiger charge is 2.04. The number of pyridine rings is 2. The monoisotopic (exact) mass is 257 g/mol. The van der Waals surface area contributed by atoms with Gasteiger partial charge in [-0.15, -0.1) is 0 Å². The van der Waals surface area contributed by atoms with Gasteiger partial charge in [0.05, 0.1) is 6.54 Å². The van der Waals surface area contributed by atoms with E-state index in [9.17, 15) is 4.79 Å². The standard InChI is InChI=1S/C15H19N3O/c1-3-7-16-15-13(5-4-8-17-15)11-18-9-6-12(2)10-14(18)19/h4-6,8-10H,3,7,11H2,1-2H3,(H,16,17). The second kappa shape index (κ2) is 6.18. The van der Waals surface area contributed by atoms with E-state index in [0.717, 1.165) is 29.9 Å². The van der Waals surface area contributed by atoms with Crippen molar-refractivity contribution in [2.24, 2.45) is 0 Å². The first-order chi connectivity index (χ1) is 9.20. The number of anilines is 1. The number of aryl methyl sites for hydroxylation is 1. The van der Waals surface area contributed by atoms with E-state index in [0.29, 0.717) is 6.54 Å². The molecule has 19 heavy (non-hydrogen) atoms. The Hall–Kier alpha value is -2.10. The molecular formula is C15H19N3O. The number of aromatic nitrogens is 2. The summed E-state index contributed by atoms with van der Waals surface area (Å²) in [6.07, 6.45) is 4.63. The fraction of sp³-hybridized carbons (Fsp3) is 0.333. The van der Waals surface area contributed by atoms with E-state index in [1.54, 1.807) is 16.8 Å². The number of hydrogen-bond donors (Lipinski definition) is 1. The average molecular weight is 257 g/mol. The topological polar surface area (TPSA) is 46.9 Å². The summed E-state index contributed by atoms with van der Waals surface area (Å²) in [6, 6.07) is 7.48. The minimum absolute atomic E-state index is 0.0188. The Kier molecular flexibility index (Phi) is 4.34. The third-order valence-corrected chi connectivity index (χ3v) is 2.93. The van der Waals surface area contributed by atoms with Crippen LogP contribution >= 0.6 is 0 Å². The van der Waals surface area contributed by atoms with Gasteiger partial charge in [0.25, 0.3) is 5.56 Å². The fourth-order valence-electron chi connectivity index (χ4n) is 1.89. The summed E-state index contributed by atoms with van der Waals surface area (Å²) >= 11 is 0. The van der Waals surface area contributed by atoms with Crippen LogP contribution in [0.3, 0.4) is 0 Å². The van der Waals surface area contributed by atoms with Crippen LogP contribution in [0.5, 0.6) is 0 Å². The molecule has 0 aromatic carbocycles. The van der Waals surface area contributed by atoms with Gasteiger partial charge in [0, 0.05) is 30.6 Å². The molecule has 0 spiro atoms. The molecule has 4 nitrogen and oxygen atoms in total. The van der Waals surface area contributed by atoms with Crippen molar-refractivity contribution in [3.63, 3.8) is 0 Å². The summed E-state index contributed by atoms with van der Waals surface area (Å²) < 4.78 is 1.70. The first kappa shape index (κ1) is 13.3. The minimum atomic E-state index is 0.0188. The van der Waals surface area contributed by atoms with Crippen molar-refractivity contribution in [1.29, 1.82) is 0 Å². The molecule has 0 unspecified atom stereocenters. The lowest BCUT2D eigenvalue weighted by molar-refractivity contribution is 0.754. The minimum Gasteiger partial charge on any atom is -0.370 e. The van der Waals surface area contributed by atoms with Crippen LogP contribution in [0.2, 0.25) is 0 Å². The lowest BCUT2D eigenvalue weighted by Gasteiger charge is -2.11. The van der Waals surface area contributed by atoms with Crippen LogP contribution in [0.1, 0.15) is 24.5 Å². The van der Waals surface area contributed by atoms with E-state index in [1.807, 2.05) is 31.3 Å². The Morgan fingerprint density at radius 3 is 2.95 bits per heavy atom. The third-order valence-electron chi connectivity index (χ3n) is 2.93. The van der Waals surface area contributed by atoms with E-state index in [1.165, 1.54) is 0 Å². The Bertz CT molecular complexity index is 604. The summed E-state index contributed by atoms with van der Waals surface area (Å²) in [5.74, 6) is 0.858. The van der Waals surface area contributed by atoms with Gasteiger partial charge in [-0.1, -0.05) is 13.0 Å². The molecular weight excluding hydrogens is 238 g/mol. The molecule has 4 heteroatoms. The van der Waals surface area contributed by atoms with E-state index >= 15 is 0 Å². The van der Waals surface area contributed by atoms with Crippen molar-refractivity contribution >= 4 is 5.82 Å². The number of rotatable bonds is 5. The Balaban J connectivity index is 2.25. The molecule has 0 atom stereocenters. The fourth-order valence-corrected chi connectivity index (χ4v) is 1.89. The Morgan fingerprint density at radius 1 is 1.37 bits per heavy atom. The third kappa shape index (κ3) is 3.44. The van der Waals surface area contributed by atoms with E-state index in [2.05, 4.69) is 17.2 Å². The first-order valence-corrected chi connectivity index (χ1v) is 6.55. The van der Waals surface area contributed by atoms with Crippen molar-refractivity contribution in [3.8, 4) is 0 Å². The molecule has 0 aliphatic heterocycles. The zero-order chi connectivity index (χ0) is 13.7. The van der Waals surface area contributed by atoms with Crippen LogP contribution in [0.15, 0.2) is 41.5 Å². The van der Waals surface area contributed by atoms with Gasteiger partial charge in [-0.05, 0) is 31.0 Å². The summed E-state index contributed by atoms with van der Waals surface area (Å²) in [5.41, 5.74) is 2.03.